The normalized spacial score (nSPS) is 10.4. The summed E-state index contributed by atoms with van der Waals surface area (Å²) in [6.45, 7) is 0. The lowest BCUT2D eigenvalue weighted by molar-refractivity contribution is 0.614. The maximum atomic E-state index is 5.32. The smallest absolute Gasteiger partial charge is 0.220 e. The van der Waals surface area contributed by atoms with Crippen molar-refractivity contribution < 1.29 is 4.42 Å². The molecular weight excluding hydrogens is 130 g/mol. The highest BCUT2D eigenvalue weighted by atomic mass is 16.3. The summed E-state index contributed by atoms with van der Waals surface area (Å²) in [5.41, 5.74) is 6.72. The van der Waals surface area contributed by atoms with Gasteiger partial charge in [-0.25, -0.2) is 9.97 Å². The minimum Gasteiger partial charge on any atom is -0.461 e. The summed E-state index contributed by atoms with van der Waals surface area (Å²) in [4.78, 5) is 7.66. The minimum absolute atomic E-state index is 0.272. The van der Waals surface area contributed by atoms with Crippen LogP contribution in [0.15, 0.2) is 22.9 Å². The molecule has 2 heterocycles. The fourth-order valence-electron chi connectivity index (χ4n) is 0.780. The van der Waals surface area contributed by atoms with Crippen molar-refractivity contribution in [2.24, 2.45) is 0 Å². The molecular formula is C6H5N3O. The Morgan fingerprint density at radius 3 is 3.30 bits per heavy atom. The summed E-state index contributed by atoms with van der Waals surface area (Å²) in [6.07, 6.45) is 3.11. The summed E-state index contributed by atoms with van der Waals surface area (Å²) in [5, 5.41) is 0. The number of rotatable bonds is 0. The second-order valence-corrected chi connectivity index (χ2v) is 1.90. The van der Waals surface area contributed by atoms with E-state index in [0.717, 1.165) is 5.52 Å². The van der Waals surface area contributed by atoms with Crippen LogP contribution in [0.3, 0.4) is 0 Å². The van der Waals surface area contributed by atoms with Gasteiger partial charge in [0.15, 0.2) is 5.58 Å². The van der Waals surface area contributed by atoms with E-state index in [1.807, 2.05) is 0 Å². The fourth-order valence-corrected chi connectivity index (χ4v) is 0.780. The Balaban J connectivity index is 2.86. The second-order valence-electron chi connectivity index (χ2n) is 1.90. The largest absolute Gasteiger partial charge is 0.461 e. The van der Waals surface area contributed by atoms with Crippen molar-refractivity contribution in [3.05, 3.63) is 18.5 Å². The molecule has 2 rings (SSSR count). The van der Waals surface area contributed by atoms with Gasteiger partial charge in [-0.15, -0.1) is 0 Å². The zero-order chi connectivity index (χ0) is 6.97. The number of hydrogen-bond acceptors (Lipinski definition) is 4. The van der Waals surface area contributed by atoms with Crippen molar-refractivity contribution >= 4 is 17.0 Å². The molecule has 0 unspecified atom stereocenters. The summed E-state index contributed by atoms with van der Waals surface area (Å²) in [5.74, 6) is 0.272. The first-order valence-electron chi connectivity index (χ1n) is 2.82. The molecule has 0 saturated heterocycles. The number of furan rings is 1. The highest BCUT2D eigenvalue weighted by Crippen LogP contribution is 2.10. The van der Waals surface area contributed by atoms with Crippen molar-refractivity contribution in [1.29, 1.82) is 0 Å². The number of aromatic nitrogens is 2. The van der Waals surface area contributed by atoms with Gasteiger partial charge in [-0.1, -0.05) is 0 Å². The van der Waals surface area contributed by atoms with Gasteiger partial charge < -0.3 is 10.2 Å². The summed E-state index contributed by atoms with van der Waals surface area (Å²) >= 11 is 0. The Kier molecular flexibility index (Phi) is 0.887. The maximum absolute atomic E-state index is 5.32. The molecule has 0 bridgehead atoms. The van der Waals surface area contributed by atoms with Gasteiger partial charge in [0, 0.05) is 6.07 Å². The number of nitrogens with zero attached hydrogens (tertiary/aromatic N) is 2. The lowest BCUT2D eigenvalue weighted by Crippen LogP contribution is -1.91. The van der Waals surface area contributed by atoms with Crippen molar-refractivity contribution in [2.45, 2.75) is 0 Å². The van der Waals surface area contributed by atoms with Crippen LogP contribution in [-0.2, 0) is 0 Å². The first-order valence-corrected chi connectivity index (χ1v) is 2.82. The van der Waals surface area contributed by atoms with Gasteiger partial charge in [0.25, 0.3) is 0 Å². The van der Waals surface area contributed by atoms with E-state index < -0.39 is 0 Å². The van der Waals surface area contributed by atoms with E-state index in [4.69, 9.17) is 10.2 Å². The minimum atomic E-state index is 0.272. The Morgan fingerprint density at radius 1 is 1.50 bits per heavy atom. The first kappa shape index (κ1) is 5.22. The Bertz CT molecular complexity index is 355. The third-order valence-corrected chi connectivity index (χ3v) is 1.22. The molecule has 0 aliphatic heterocycles. The molecule has 50 valence electrons. The molecule has 0 amide bonds. The van der Waals surface area contributed by atoms with Gasteiger partial charge in [0.2, 0.25) is 5.95 Å². The van der Waals surface area contributed by atoms with Gasteiger partial charge in [-0.2, -0.15) is 0 Å². The van der Waals surface area contributed by atoms with Crippen molar-refractivity contribution in [3.63, 3.8) is 0 Å². The van der Waals surface area contributed by atoms with E-state index in [0.29, 0.717) is 5.58 Å². The summed E-state index contributed by atoms with van der Waals surface area (Å²) in [7, 11) is 0. The van der Waals surface area contributed by atoms with Crippen molar-refractivity contribution in [2.75, 3.05) is 5.73 Å². The molecule has 2 aromatic rings. The highest BCUT2D eigenvalue weighted by molar-refractivity contribution is 5.71. The van der Waals surface area contributed by atoms with Gasteiger partial charge in [-0.05, 0) is 0 Å². The number of fused-ring (bicyclic) bond motifs is 1. The van der Waals surface area contributed by atoms with Crippen LogP contribution in [0.25, 0.3) is 11.1 Å². The van der Waals surface area contributed by atoms with Crippen LogP contribution in [0.2, 0.25) is 0 Å². The Morgan fingerprint density at radius 2 is 2.40 bits per heavy atom. The standard InChI is InChI=1S/C6H5N3O/c7-6-8-3-5-4(9-6)1-2-10-5/h1-3H,(H2,7,8,9). The predicted octanol–water partition coefficient (Wildman–Crippen LogP) is 0.805. The third-order valence-electron chi connectivity index (χ3n) is 1.22. The molecule has 0 aliphatic rings. The van der Waals surface area contributed by atoms with Gasteiger partial charge >= 0.3 is 0 Å². The lowest BCUT2D eigenvalue weighted by atomic mass is 10.5. The van der Waals surface area contributed by atoms with E-state index in [9.17, 15) is 0 Å². The number of nitrogen functional groups attached to an aromatic ring is 1. The van der Waals surface area contributed by atoms with Crippen molar-refractivity contribution in [1.82, 2.24) is 9.97 Å². The molecule has 0 saturated carbocycles. The van der Waals surface area contributed by atoms with Crippen LogP contribution in [-0.4, -0.2) is 9.97 Å². The van der Waals surface area contributed by atoms with E-state index in [-0.39, 0.29) is 5.95 Å². The molecule has 0 spiro atoms. The first-order chi connectivity index (χ1) is 4.86. The molecule has 4 nitrogen and oxygen atoms in total. The predicted molar refractivity (Wildman–Crippen MR) is 36.2 cm³/mol. The molecule has 0 radical (unpaired) electrons. The molecule has 10 heavy (non-hydrogen) atoms. The summed E-state index contributed by atoms with van der Waals surface area (Å²) in [6, 6.07) is 1.74. The molecule has 0 aliphatic carbocycles. The Labute approximate surface area is 56.7 Å². The lowest BCUT2D eigenvalue weighted by Gasteiger charge is -1.87. The zero-order valence-electron chi connectivity index (χ0n) is 5.11. The van der Waals surface area contributed by atoms with Crippen LogP contribution >= 0.6 is 0 Å². The molecule has 2 N–H and O–H groups in total. The van der Waals surface area contributed by atoms with Crippen molar-refractivity contribution in [3.8, 4) is 0 Å². The van der Waals surface area contributed by atoms with Crippen LogP contribution < -0.4 is 5.73 Å². The van der Waals surface area contributed by atoms with Gasteiger partial charge in [0.05, 0.1) is 12.5 Å². The Hall–Kier alpha value is -1.58. The number of hydrogen-bond donors (Lipinski definition) is 1. The van der Waals surface area contributed by atoms with Gasteiger partial charge in [0.1, 0.15) is 5.52 Å². The van der Waals surface area contributed by atoms with E-state index in [1.54, 1.807) is 18.5 Å². The number of anilines is 1. The monoisotopic (exact) mass is 135 g/mol. The van der Waals surface area contributed by atoms with E-state index in [1.165, 1.54) is 0 Å². The topological polar surface area (TPSA) is 64.9 Å². The molecule has 0 atom stereocenters. The second kappa shape index (κ2) is 1.70. The van der Waals surface area contributed by atoms with Crippen LogP contribution in [0.5, 0.6) is 0 Å². The number of nitrogens with two attached hydrogens (primary N) is 1. The average molecular weight is 135 g/mol. The maximum Gasteiger partial charge on any atom is 0.220 e. The van der Waals surface area contributed by atoms with E-state index in [2.05, 4.69) is 9.97 Å². The van der Waals surface area contributed by atoms with Crippen LogP contribution in [0.4, 0.5) is 5.95 Å². The van der Waals surface area contributed by atoms with Crippen LogP contribution in [0, 0.1) is 0 Å². The molecule has 0 fully saturated rings. The van der Waals surface area contributed by atoms with Gasteiger partial charge in [-0.3, -0.25) is 0 Å². The summed E-state index contributed by atoms with van der Waals surface area (Å²) < 4.78 is 4.99. The molecule has 4 heteroatoms. The SMILES string of the molecule is Nc1ncc2occc2n1. The van der Waals surface area contributed by atoms with E-state index >= 15 is 0 Å². The fraction of sp³-hybridized carbons (Fsp3) is 0. The van der Waals surface area contributed by atoms with Crippen LogP contribution in [0.1, 0.15) is 0 Å². The third kappa shape index (κ3) is 0.621. The average Bonchev–Trinajstić information content (AvgIpc) is 2.33. The molecule has 2 aromatic heterocycles. The quantitative estimate of drug-likeness (QED) is 0.580. The zero-order valence-corrected chi connectivity index (χ0v) is 5.11. The molecule has 0 aromatic carbocycles. The highest BCUT2D eigenvalue weighted by Gasteiger charge is 1.96.